The molecular weight excluding hydrogens is 1310 g/mol. The highest BCUT2D eigenvalue weighted by Crippen LogP contribution is 2.45. The van der Waals surface area contributed by atoms with Crippen LogP contribution in [0.3, 0.4) is 0 Å². The molecule has 0 heterocycles. The van der Waals surface area contributed by atoms with E-state index in [0.29, 0.717) is 32.1 Å². The third-order valence-corrected chi connectivity index (χ3v) is 17.5. The smallest absolute Gasteiger partial charge is 0.462 e. The van der Waals surface area contributed by atoms with Crippen molar-refractivity contribution in [1.29, 1.82) is 0 Å². The Morgan fingerprint density at radius 2 is 0.520 bits per heavy atom. The average molecular weight is 1440 g/mol. The summed E-state index contributed by atoms with van der Waals surface area (Å²) >= 11 is 0. The van der Waals surface area contributed by atoms with Crippen LogP contribution >= 0.6 is 15.6 Å². The van der Waals surface area contributed by atoms with Crippen molar-refractivity contribution in [3.05, 3.63) is 134 Å². The van der Waals surface area contributed by atoms with Gasteiger partial charge in [0.05, 0.1) is 26.4 Å². The van der Waals surface area contributed by atoms with E-state index in [9.17, 15) is 43.2 Å². The maximum absolute atomic E-state index is 13.1. The molecule has 0 radical (unpaired) electrons. The van der Waals surface area contributed by atoms with Crippen molar-refractivity contribution in [3.63, 3.8) is 0 Å². The molecule has 0 aromatic carbocycles. The van der Waals surface area contributed by atoms with E-state index in [2.05, 4.69) is 161 Å². The fraction of sp³-hybridized carbons (Fsp3) is 0.679. The van der Waals surface area contributed by atoms with Gasteiger partial charge in [-0.3, -0.25) is 37.3 Å². The van der Waals surface area contributed by atoms with Gasteiger partial charge in [-0.2, -0.15) is 0 Å². The lowest BCUT2D eigenvalue weighted by atomic mass is 10.0. The van der Waals surface area contributed by atoms with E-state index < -0.39 is 97.5 Å². The van der Waals surface area contributed by atoms with Gasteiger partial charge < -0.3 is 33.8 Å². The fourth-order valence-corrected chi connectivity index (χ4v) is 11.4. The number of esters is 4. The molecule has 0 bridgehead atoms. The quantitative estimate of drug-likeness (QED) is 0.0169. The Morgan fingerprint density at radius 1 is 0.290 bits per heavy atom. The molecule has 572 valence electrons. The van der Waals surface area contributed by atoms with E-state index in [0.717, 1.165) is 148 Å². The van der Waals surface area contributed by atoms with Gasteiger partial charge in [0.2, 0.25) is 0 Å². The van der Waals surface area contributed by atoms with Gasteiger partial charge in [0.25, 0.3) is 0 Å². The average Bonchev–Trinajstić information content (AvgIpc) is 1.01. The SMILES string of the molecule is CC/C=C\C/C=C\C/C=C\C/C=C\CCCCC(=O)OCC(COP(=O)(O)OCC(O)COP(=O)(O)OCC(COC(=O)CCCCCCC/C=C\C/C=C\C/C=C\CC)OC(=O)CCCCCCCCCCCCCCCCC)OC(=O)CCCC/C=C\C/C=C\C/C=C\C/C=C\CC. The van der Waals surface area contributed by atoms with E-state index in [4.69, 9.17) is 37.0 Å². The van der Waals surface area contributed by atoms with Crippen molar-refractivity contribution >= 4 is 39.5 Å². The minimum atomic E-state index is -5.00. The summed E-state index contributed by atoms with van der Waals surface area (Å²) in [7, 11) is -9.98. The third-order valence-electron chi connectivity index (χ3n) is 15.6. The summed E-state index contributed by atoms with van der Waals surface area (Å²) < 4.78 is 68.4. The van der Waals surface area contributed by atoms with Crippen LogP contribution in [0.1, 0.15) is 297 Å². The molecule has 19 heteroatoms. The van der Waals surface area contributed by atoms with Crippen LogP contribution in [0.4, 0.5) is 0 Å². The van der Waals surface area contributed by atoms with Crippen LogP contribution in [0.5, 0.6) is 0 Å². The molecule has 100 heavy (non-hydrogen) atoms. The highest BCUT2D eigenvalue weighted by atomic mass is 31.2. The van der Waals surface area contributed by atoms with E-state index in [-0.39, 0.29) is 25.7 Å². The predicted molar refractivity (Wildman–Crippen MR) is 408 cm³/mol. The highest BCUT2D eigenvalue weighted by Gasteiger charge is 2.30. The maximum atomic E-state index is 13.1. The lowest BCUT2D eigenvalue weighted by molar-refractivity contribution is -0.161. The molecule has 0 saturated carbocycles. The van der Waals surface area contributed by atoms with E-state index in [1.54, 1.807) is 0 Å². The lowest BCUT2D eigenvalue weighted by Crippen LogP contribution is -2.30. The van der Waals surface area contributed by atoms with Gasteiger partial charge in [0.15, 0.2) is 12.2 Å². The van der Waals surface area contributed by atoms with Crippen LogP contribution in [-0.4, -0.2) is 96.7 Å². The van der Waals surface area contributed by atoms with Gasteiger partial charge in [-0.05, 0) is 135 Å². The molecule has 0 aromatic heterocycles. The number of ether oxygens (including phenoxy) is 4. The van der Waals surface area contributed by atoms with Crippen LogP contribution in [0.25, 0.3) is 0 Å². The summed E-state index contributed by atoms with van der Waals surface area (Å²) in [6.45, 7) is 4.42. The molecule has 5 atom stereocenters. The van der Waals surface area contributed by atoms with Crippen molar-refractivity contribution < 1.29 is 80.2 Å². The van der Waals surface area contributed by atoms with Gasteiger partial charge in [0.1, 0.15) is 19.3 Å². The minimum Gasteiger partial charge on any atom is -0.462 e. The van der Waals surface area contributed by atoms with Crippen LogP contribution < -0.4 is 0 Å². The largest absolute Gasteiger partial charge is 0.472 e. The number of carbonyl (C=O) groups excluding carboxylic acids is 4. The van der Waals surface area contributed by atoms with Crippen LogP contribution in [0, 0.1) is 0 Å². The number of aliphatic hydroxyl groups is 1. The highest BCUT2D eigenvalue weighted by molar-refractivity contribution is 7.47. The number of unbranched alkanes of at least 4 members (excludes halogenated alkanes) is 23. The number of aliphatic hydroxyl groups excluding tert-OH is 1. The molecule has 0 saturated heterocycles. The van der Waals surface area contributed by atoms with Crippen molar-refractivity contribution in [3.8, 4) is 0 Å². The standard InChI is InChI=1S/C81H136O17P2/c1-5-9-13-17-21-25-29-33-37-41-45-49-53-57-61-65-78(83)91-71-76(97-80(85)67-63-59-55-51-47-43-39-35-31-27-23-19-15-11-7-3)73-95-99(87,88)93-69-75(82)70-94-100(89,90)96-74-77(98-81(86)68-64-60-56-52-48-44-40-36-32-28-24-20-16-12-8-4)72-92-79(84)66-62-58-54-50-46-42-38-34-30-26-22-18-14-10-6-2/h9-11,13-15,21-23,25-27,33-35,37-39,45,47,49,51,75-77,82H,5-8,12,16-20,24,28-32,36,40-44,46,48,50,52-74H2,1-4H3,(H,87,88)(H,89,90)/b13-9-,14-10-,15-11-,25-21-,26-22-,27-23-,37-33-,38-34-,39-35-,49-45-,51-47-. The Balaban J connectivity index is 5.44. The maximum Gasteiger partial charge on any atom is 0.472 e. The minimum absolute atomic E-state index is 0.0301. The predicted octanol–water partition coefficient (Wildman–Crippen LogP) is 22.1. The van der Waals surface area contributed by atoms with Crippen LogP contribution in [0.2, 0.25) is 0 Å². The van der Waals surface area contributed by atoms with Crippen LogP contribution in [0.15, 0.2) is 134 Å². The molecule has 3 N–H and O–H groups in total. The molecular formula is C81H136O17P2. The Morgan fingerprint density at radius 3 is 0.820 bits per heavy atom. The molecule has 5 unspecified atom stereocenters. The first-order valence-electron chi connectivity index (χ1n) is 38.4. The molecule has 17 nitrogen and oxygen atoms in total. The second kappa shape index (κ2) is 72.5. The summed E-state index contributed by atoms with van der Waals surface area (Å²) in [5.74, 6) is -2.29. The van der Waals surface area contributed by atoms with Gasteiger partial charge in [-0.25, -0.2) is 9.13 Å². The number of phosphoric acid groups is 2. The van der Waals surface area contributed by atoms with E-state index >= 15 is 0 Å². The van der Waals surface area contributed by atoms with Gasteiger partial charge in [-0.1, -0.05) is 271 Å². The third kappa shape index (κ3) is 71.6. The number of hydrogen-bond donors (Lipinski definition) is 3. The number of phosphoric ester groups is 2. The zero-order valence-corrected chi connectivity index (χ0v) is 64.1. The second-order valence-electron chi connectivity index (χ2n) is 25.2. The Kier molecular flexibility index (Phi) is 69.1. The summed E-state index contributed by atoms with van der Waals surface area (Å²) in [6, 6.07) is 0. The van der Waals surface area contributed by atoms with Crippen molar-refractivity contribution in [1.82, 2.24) is 0 Å². The molecule has 0 spiro atoms. The molecule has 0 rings (SSSR count). The zero-order chi connectivity index (χ0) is 73.2. The van der Waals surface area contributed by atoms with E-state index in [1.807, 2.05) is 0 Å². The number of hydrogen-bond acceptors (Lipinski definition) is 15. The first-order valence-corrected chi connectivity index (χ1v) is 41.4. The molecule has 0 amide bonds. The Bertz CT molecular complexity index is 2420. The van der Waals surface area contributed by atoms with Gasteiger partial charge in [0, 0.05) is 25.7 Å². The van der Waals surface area contributed by atoms with Crippen molar-refractivity contribution in [2.24, 2.45) is 0 Å². The number of rotatable bonds is 71. The Hall–Kier alpha value is -4.80. The monoisotopic (exact) mass is 1440 g/mol. The van der Waals surface area contributed by atoms with Crippen molar-refractivity contribution in [2.75, 3.05) is 39.6 Å². The van der Waals surface area contributed by atoms with Gasteiger partial charge in [-0.15, -0.1) is 0 Å². The summed E-state index contributed by atoms with van der Waals surface area (Å²) in [5.41, 5.74) is 0. The zero-order valence-electron chi connectivity index (χ0n) is 62.3. The van der Waals surface area contributed by atoms with Crippen LogP contribution in [-0.2, 0) is 65.4 Å². The number of carbonyl (C=O) groups is 4. The molecule has 0 aliphatic heterocycles. The van der Waals surface area contributed by atoms with Gasteiger partial charge >= 0.3 is 39.5 Å². The molecule has 0 fully saturated rings. The molecule has 0 aliphatic rings. The lowest BCUT2D eigenvalue weighted by Gasteiger charge is -2.21. The van der Waals surface area contributed by atoms with E-state index in [1.165, 1.54) is 64.2 Å². The molecule has 0 aliphatic carbocycles. The summed E-state index contributed by atoms with van der Waals surface area (Å²) in [6.07, 6.45) is 80.2. The van der Waals surface area contributed by atoms with Crippen molar-refractivity contribution in [2.45, 2.75) is 316 Å². The normalized spacial score (nSPS) is 14.7. The first kappa shape index (κ1) is 95.2. The molecule has 0 aromatic rings. The first-order chi connectivity index (χ1) is 48.7. The second-order valence-corrected chi connectivity index (χ2v) is 28.1. The summed E-state index contributed by atoms with van der Waals surface area (Å²) in [4.78, 5) is 72.9. The Labute approximate surface area is 605 Å². The topological polar surface area (TPSA) is 237 Å². The number of allylic oxidation sites excluding steroid dienone is 22. The fourth-order valence-electron chi connectivity index (χ4n) is 9.86. The summed E-state index contributed by atoms with van der Waals surface area (Å²) in [5, 5.41) is 10.6.